The second-order valence-corrected chi connectivity index (χ2v) is 5.25. The predicted molar refractivity (Wildman–Crippen MR) is 72.2 cm³/mol. The Morgan fingerprint density at radius 3 is 2.95 bits per heavy atom. The molecule has 1 saturated heterocycles. The van der Waals surface area contributed by atoms with E-state index in [4.69, 9.17) is 4.74 Å². The van der Waals surface area contributed by atoms with Gasteiger partial charge in [-0.2, -0.15) is 0 Å². The Kier molecular flexibility index (Phi) is 4.19. The van der Waals surface area contributed by atoms with E-state index in [1.54, 1.807) is 4.90 Å². The van der Waals surface area contributed by atoms with Crippen molar-refractivity contribution in [3.63, 3.8) is 0 Å². The van der Waals surface area contributed by atoms with Crippen molar-refractivity contribution < 1.29 is 14.3 Å². The first kappa shape index (κ1) is 14.0. The van der Waals surface area contributed by atoms with Gasteiger partial charge in [-0.1, -0.05) is 6.07 Å². The standard InChI is InChI=1S/C13H15BrN2O3/c1-8(9-4-3-5-11(14)15-9)16-10(13(18)19-2)6-7-12(16)17/h3-5,8,10H,6-7H2,1-2H3. The lowest BCUT2D eigenvalue weighted by atomic mass is 10.1. The summed E-state index contributed by atoms with van der Waals surface area (Å²) in [6.45, 7) is 1.87. The van der Waals surface area contributed by atoms with Crippen LogP contribution in [-0.2, 0) is 14.3 Å². The molecule has 1 fully saturated rings. The monoisotopic (exact) mass is 326 g/mol. The molecule has 0 radical (unpaired) electrons. The third kappa shape index (κ3) is 2.78. The molecule has 2 rings (SSSR count). The van der Waals surface area contributed by atoms with E-state index in [2.05, 4.69) is 20.9 Å². The van der Waals surface area contributed by atoms with Gasteiger partial charge in [0.05, 0.1) is 18.8 Å². The number of likely N-dealkylation sites (tertiary alicyclic amines) is 1. The number of halogens is 1. The van der Waals surface area contributed by atoms with Crippen molar-refractivity contribution in [2.24, 2.45) is 0 Å². The van der Waals surface area contributed by atoms with Gasteiger partial charge in [-0.05, 0) is 41.4 Å². The second kappa shape index (κ2) is 5.69. The van der Waals surface area contributed by atoms with E-state index in [0.717, 1.165) is 5.69 Å². The molecule has 2 atom stereocenters. The average Bonchev–Trinajstić information content (AvgIpc) is 2.79. The van der Waals surface area contributed by atoms with Crippen LogP contribution in [0, 0.1) is 0 Å². The van der Waals surface area contributed by atoms with Crippen LogP contribution >= 0.6 is 15.9 Å². The normalized spacial score (nSPS) is 20.5. The molecule has 1 aliphatic heterocycles. The van der Waals surface area contributed by atoms with E-state index in [-0.39, 0.29) is 17.9 Å². The third-order valence-electron chi connectivity index (χ3n) is 3.31. The fraction of sp³-hybridized carbons (Fsp3) is 0.462. The van der Waals surface area contributed by atoms with Crippen LogP contribution in [0.4, 0.5) is 0 Å². The number of hydrogen-bond acceptors (Lipinski definition) is 4. The number of carbonyl (C=O) groups excluding carboxylic acids is 2. The smallest absolute Gasteiger partial charge is 0.328 e. The van der Waals surface area contributed by atoms with E-state index in [0.29, 0.717) is 17.4 Å². The Labute approximate surface area is 120 Å². The van der Waals surface area contributed by atoms with Gasteiger partial charge >= 0.3 is 5.97 Å². The summed E-state index contributed by atoms with van der Waals surface area (Å²) < 4.78 is 5.47. The van der Waals surface area contributed by atoms with E-state index in [1.165, 1.54) is 7.11 Å². The fourth-order valence-corrected chi connectivity index (χ4v) is 2.71. The fourth-order valence-electron chi connectivity index (χ4n) is 2.35. The quantitative estimate of drug-likeness (QED) is 0.630. The molecule has 5 nitrogen and oxygen atoms in total. The van der Waals surface area contributed by atoms with Gasteiger partial charge in [0.15, 0.2) is 0 Å². The topological polar surface area (TPSA) is 59.5 Å². The first-order valence-corrected chi connectivity index (χ1v) is 6.85. The highest BCUT2D eigenvalue weighted by Gasteiger charge is 2.40. The number of aromatic nitrogens is 1. The summed E-state index contributed by atoms with van der Waals surface area (Å²) in [5.41, 5.74) is 0.749. The minimum atomic E-state index is -0.506. The molecule has 6 heteroatoms. The van der Waals surface area contributed by atoms with Gasteiger partial charge in [0.2, 0.25) is 5.91 Å². The van der Waals surface area contributed by atoms with E-state index >= 15 is 0 Å². The first-order valence-electron chi connectivity index (χ1n) is 6.06. The lowest BCUT2D eigenvalue weighted by Gasteiger charge is -2.29. The van der Waals surface area contributed by atoms with Gasteiger partial charge in [-0.15, -0.1) is 0 Å². The largest absolute Gasteiger partial charge is 0.467 e. The molecule has 1 aromatic rings. The van der Waals surface area contributed by atoms with Crippen LogP contribution in [0.15, 0.2) is 22.8 Å². The average molecular weight is 327 g/mol. The molecule has 0 N–H and O–H groups in total. The molecule has 102 valence electrons. The van der Waals surface area contributed by atoms with Crippen LogP contribution in [0.25, 0.3) is 0 Å². The van der Waals surface area contributed by atoms with Crippen LogP contribution < -0.4 is 0 Å². The molecule has 0 spiro atoms. The van der Waals surface area contributed by atoms with Crippen molar-refractivity contribution in [2.75, 3.05) is 7.11 Å². The zero-order valence-electron chi connectivity index (χ0n) is 10.8. The second-order valence-electron chi connectivity index (χ2n) is 4.44. The summed E-state index contributed by atoms with van der Waals surface area (Å²) >= 11 is 3.31. The first-order chi connectivity index (χ1) is 9.04. The van der Waals surface area contributed by atoms with Gasteiger partial charge in [-0.25, -0.2) is 9.78 Å². The molecule has 0 aliphatic carbocycles. The van der Waals surface area contributed by atoms with Gasteiger partial charge < -0.3 is 9.64 Å². The number of esters is 1. The van der Waals surface area contributed by atoms with Gasteiger partial charge in [0.1, 0.15) is 10.6 Å². The minimum absolute atomic E-state index is 0.0373. The summed E-state index contributed by atoms with van der Waals surface area (Å²) in [7, 11) is 1.34. The molecule has 19 heavy (non-hydrogen) atoms. The van der Waals surface area contributed by atoms with Crippen LogP contribution in [0.1, 0.15) is 31.5 Å². The highest BCUT2D eigenvalue weighted by atomic mass is 79.9. The molecule has 2 unspecified atom stereocenters. The maximum Gasteiger partial charge on any atom is 0.328 e. The Morgan fingerprint density at radius 2 is 2.32 bits per heavy atom. The van der Waals surface area contributed by atoms with Crippen LogP contribution in [0.5, 0.6) is 0 Å². The number of pyridine rings is 1. The summed E-state index contributed by atoms with van der Waals surface area (Å²) in [6.07, 6.45) is 0.877. The Hall–Kier alpha value is -1.43. The van der Waals surface area contributed by atoms with E-state index in [9.17, 15) is 9.59 Å². The van der Waals surface area contributed by atoms with Crippen molar-refractivity contribution in [1.29, 1.82) is 0 Å². The molecule has 0 bridgehead atoms. The SMILES string of the molecule is COC(=O)C1CCC(=O)N1C(C)c1cccc(Br)n1. The van der Waals surface area contributed by atoms with Gasteiger partial charge in [0, 0.05) is 6.42 Å². The molecular weight excluding hydrogens is 312 g/mol. The number of methoxy groups -OCH3 is 1. The zero-order chi connectivity index (χ0) is 14.0. The lowest BCUT2D eigenvalue weighted by molar-refractivity contribution is -0.150. The molecule has 0 saturated carbocycles. The summed E-state index contributed by atoms with van der Waals surface area (Å²) in [5, 5.41) is 0. The Balaban J connectivity index is 2.27. The van der Waals surface area contributed by atoms with Crippen molar-refractivity contribution in [1.82, 2.24) is 9.88 Å². The van der Waals surface area contributed by atoms with Crippen molar-refractivity contribution in [2.45, 2.75) is 31.8 Å². The maximum absolute atomic E-state index is 12.0. The van der Waals surface area contributed by atoms with Crippen molar-refractivity contribution in [3.8, 4) is 0 Å². The number of rotatable bonds is 3. The predicted octanol–water partition coefficient (Wildman–Crippen LogP) is 2.07. The summed E-state index contributed by atoms with van der Waals surface area (Å²) in [4.78, 5) is 29.6. The Morgan fingerprint density at radius 1 is 1.58 bits per heavy atom. The minimum Gasteiger partial charge on any atom is -0.467 e. The number of hydrogen-bond donors (Lipinski definition) is 0. The van der Waals surface area contributed by atoms with Crippen molar-refractivity contribution in [3.05, 3.63) is 28.5 Å². The number of carbonyl (C=O) groups is 2. The molecule has 1 aromatic heterocycles. The Bertz CT molecular complexity index is 506. The number of amides is 1. The summed E-state index contributed by atoms with van der Waals surface area (Å²) in [6, 6.07) is 4.76. The highest BCUT2D eigenvalue weighted by molar-refractivity contribution is 9.10. The molecular formula is C13H15BrN2O3. The zero-order valence-corrected chi connectivity index (χ0v) is 12.4. The molecule has 0 aromatic carbocycles. The molecule has 2 heterocycles. The van der Waals surface area contributed by atoms with Crippen LogP contribution in [0.3, 0.4) is 0 Å². The van der Waals surface area contributed by atoms with E-state index in [1.807, 2.05) is 25.1 Å². The lowest BCUT2D eigenvalue weighted by Crippen LogP contribution is -2.41. The van der Waals surface area contributed by atoms with Crippen LogP contribution in [-0.4, -0.2) is 34.9 Å². The van der Waals surface area contributed by atoms with Crippen LogP contribution in [0.2, 0.25) is 0 Å². The third-order valence-corrected chi connectivity index (χ3v) is 3.75. The van der Waals surface area contributed by atoms with Crippen molar-refractivity contribution >= 4 is 27.8 Å². The summed E-state index contributed by atoms with van der Waals surface area (Å²) in [5.74, 6) is -0.405. The maximum atomic E-state index is 12.0. The van der Waals surface area contributed by atoms with Gasteiger partial charge in [-0.3, -0.25) is 4.79 Å². The van der Waals surface area contributed by atoms with E-state index < -0.39 is 6.04 Å². The molecule has 1 aliphatic rings. The van der Waals surface area contributed by atoms with Gasteiger partial charge in [0.25, 0.3) is 0 Å². The number of ether oxygens (including phenoxy) is 1. The highest BCUT2D eigenvalue weighted by Crippen LogP contribution is 2.30. The number of nitrogens with zero attached hydrogens (tertiary/aromatic N) is 2. The molecule has 1 amide bonds.